The fourth-order valence-corrected chi connectivity index (χ4v) is 2.90. The highest BCUT2D eigenvalue weighted by Crippen LogP contribution is 2.37. The zero-order valence-electron chi connectivity index (χ0n) is 13.3. The Morgan fingerprint density at radius 1 is 1.30 bits per heavy atom. The van der Waals surface area contributed by atoms with Crippen molar-refractivity contribution < 1.29 is 0 Å². The molecule has 1 heterocycles. The quantitative estimate of drug-likeness (QED) is 0.854. The fourth-order valence-electron chi connectivity index (χ4n) is 2.90. The predicted molar refractivity (Wildman–Crippen MR) is 85.2 cm³/mol. The lowest BCUT2D eigenvalue weighted by atomic mass is 9.73. The Morgan fingerprint density at radius 2 is 2.10 bits per heavy atom. The van der Waals surface area contributed by atoms with E-state index in [1.807, 2.05) is 13.0 Å². The third kappa shape index (κ3) is 3.84. The number of hydrogen-bond donors (Lipinski definition) is 2. The minimum Gasteiger partial charge on any atom is -0.367 e. The Hall–Kier alpha value is -1.32. The molecule has 1 aromatic heterocycles. The Labute approximate surface area is 122 Å². The molecule has 0 saturated heterocycles. The van der Waals surface area contributed by atoms with Gasteiger partial charge in [-0.2, -0.15) is 4.98 Å². The molecule has 2 N–H and O–H groups in total. The first-order chi connectivity index (χ1) is 9.51. The van der Waals surface area contributed by atoms with Crippen LogP contribution >= 0.6 is 0 Å². The number of nitrogens with one attached hydrogen (secondary N) is 2. The van der Waals surface area contributed by atoms with Crippen LogP contribution in [0, 0.1) is 12.3 Å². The summed E-state index contributed by atoms with van der Waals surface area (Å²) >= 11 is 0. The predicted octanol–water partition coefficient (Wildman–Crippen LogP) is 3.99. The van der Waals surface area contributed by atoms with Gasteiger partial charge in [0.1, 0.15) is 5.82 Å². The first-order valence-corrected chi connectivity index (χ1v) is 7.87. The van der Waals surface area contributed by atoms with E-state index < -0.39 is 0 Å². The average Bonchev–Trinajstić information content (AvgIpc) is 2.38. The number of aromatic nitrogens is 2. The normalized spacial score (nSPS) is 21.5. The molecule has 1 aromatic rings. The fraction of sp³-hybridized carbons (Fsp3) is 0.750. The van der Waals surface area contributed by atoms with Crippen LogP contribution in [0.2, 0.25) is 0 Å². The molecule has 0 amide bonds. The second kappa shape index (κ2) is 6.42. The lowest BCUT2D eigenvalue weighted by molar-refractivity contribution is 0.216. The highest BCUT2D eigenvalue weighted by Gasteiger charge is 2.32. The third-order valence-electron chi connectivity index (χ3n) is 4.22. The molecule has 0 radical (unpaired) electrons. The van der Waals surface area contributed by atoms with Gasteiger partial charge in [-0.3, -0.25) is 0 Å². The Kier molecular flexibility index (Phi) is 4.84. The van der Waals surface area contributed by atoms with Gasteiger partial charge in [-0.05, 0) is 31.6 Å². The van der Waals surface area contributed by atoms with Crippen LogP contribution in [0.5, 0.6) is 0 Å². The summed E-state index contributed by atoms with van der Waals surface area (Å²) in [7, 11) is 0. The maximum absolute atomic E-state index is 4.60. The Balaban J connectivity index is 2.09. The summed E-state index contributed by atoms with van der Waals surface area (Å²) in [5.74, 6) is 1.69. The first-order valence-electron chi connectivity index (χ1n) is 7.87. The zero-order chi connectivity index (χ0) is 14.6. The van der Waals surface area contributed by atoms with E-state index in [1.54, 1.807) is 0 Å². The summed E-state index contributed by atoms with van der Waals surface area (Å²) in [6.07, 6.45) is 6.25. The van der Waals surface area contributed by atoms with Crippen molar-refractivity contribution in [3.8, 4) is 0 Å². The van der Waals surface area contributed by atoms with Gasteiger partial charge in [0.15, 0.2) is 0 Å². The Bertz CT molecular complexity index is 442. The lowest BCUT2D eigenvalue weighted by Gasteiger charge is -2.39. The molecule has 1 unspecified atom stereocenters. The van der Waals surface area contributed by atoms with Crippen LogP contribution in [0.3, 0.4) is 0 Å². The van der Waals surface area contributed by atoms with Crippen molar-refractivity contribution in [3.05, 3.63) is 11.8 Å². The van der Waals surface area contributed by atoms with Crippen molar-refractivity contribution >= 4 is 11.8 Å². The van der Waals surface area contributed by atoms with Crippen molar-refractivity contribution in [2.24, 2.45) is 5.41 Å². The molecule has 0 aliphatic heterocycles. The van der Waals surface area contributed by atoms with Crippen LogP contribution in [0.15, 0.2) is 6.07 Å². The molecule has 20 heavy (non-hydrogen) atoms. The van der Waals surface area contributed by atoms with Gasteiger partial charge >= 0.3 is 0 Å². The molecule has 1 aliphatic rings. The molecule has 1 fully saturated rings. The van der Waals surface area contributed by atoms with Crippen molar-refractivity contribution in [1.29, 1.82) is 0 Å². The van der Waals surface area contributed by atoms with Crippen LogP contribution in [0.4, 0.5) is 11.8 Å². The maximum Gasteiger partial charge on any atom is 0.224 e. The van der Waals surface area contributed by atoms with Crippen molar-refractivity contribution in [1.82, 2.24) is 9.97 Å². The number of nitrogens with zero attached hydrogens (tertiary/aromatic N) is 2. The van der Waals surface area contributed by atoms with Gasteiger partial charge in [0.2, 0.25) is 5.95 Å². The van der Waals surface area contributed by atoms with E-state index in [4.69, 9.17) is 0 Å². The second-order valence-electron chi connectivity index (χ2n) is 6.58. The molecule has 4 heteroatoms. The summed E-state index contributed by atoms with van der Waals surface area (Å²) in [6.45, 7) is 9.79. The molecular formula is C16H28N4. The zero-order valence-corrected chi connectivity index (χ0v) is 13.3. The largest absolute Gasteiger partial charge is 0.367 e. The molecule has 0 bridgehead atoms. The first kappa shape index (κ1) is 15.1. The third-order valence-corrected chi connectivity index (χ3v) is 4.22. The van der Waals surface area contributed by atoms with E-state index in [1.165, 1.54) is 25.7 Å². The lowest BCUT2D eigenvalue weighted by Crippen LogP contribution is -2.39. The van der Waals surface area contributed by atoms with Gasteiger partial charge in [-0.15, -0.1) is 0 Å². The summed E-state index contributed by atoms with van der Waals surface area (Å²) in [6, 6.07) is 2.55. The monoisotopic (exact) mass is 276 g/mol. The van der Waals surface area contributed by atoms with Crippen molar-refractivity contribution in [2.75, 3.05) is 17.2 Å². The van der Waals surface area contributed by atoms with E-state index in [9.17, 15) is 0 Å². The molecule has 0 spiro atoms. The standard InChI is InChI=1S/C16H28N4/c1-5-10-17-15-18-12(2)11-14(20-15)19-13-8-6-7-9-16(13,3)4/h11,13H,5-10H2,1-4H3,(H2,17,18,19,20). The average molecular weight is 276 g/mol. The maximum atomic E-state index is 4.60. The summed E-state index contributed by atoms with van der Waals surface area (Å²) in [5.41, 5.74) is 1.35. The SMILES string of the molecule is CCCNc1nc(C)cc(NC2CCCCC2(C)C)n1. The number of rotatable bonds is 5. The van der Waals surface area contributed by atoms with Crippen LogP contribution in [-0.2, 0) is 0 Å². The van der Waals surface area contributed by atoms with Gasteiger partial charge in [-0.25, -0.2) is 4.98 Å². The summed E-state index contributed by atoms with van der Waals surface area (Å²) in [4.78, 5) is 9.04. The van der Waals surface area contributed by atoms with Crippen molar-refractivity contribution in [3.63, 3.8) is 0 Å². The molecule has 0 aromatic carbocycles. The molecule has 4 nitrogen and oxygen atoms in total. The van der Waals surface area contributed by atoms with E-state index >= 15 is 0 Å². The molecule has 1 atom stereocenters. The van der Waals surface area contributed by atoms with E-state index in [2.05, 4.69) is 41.4 Å². The minimum absolute atomic E-state index is 0.341. The molecule has 112 valence electrons. The summed E-state index contributed by atoms with van der Waals surface area (Å²) in [5, 5.41) is 6.91. The molecule has 2 rings (SSSR count). The Morgan fingerprint density at radius 3 is 2.80 bits per heavy atom. The molecular weight excluding hydrogens is 248 g/mol. The highest BCUT2D eigenvalue weighted by molar-refractivity contribution is 5.43. The van der Waals surface area contributed by atoms with Gasteiger partial charge in [-0.1, -0.05) is 33.6 Å². The van der Waals surface area contributed by atoms with Crippen LogP contribution in [-0.4, -0.2) is 22.6 Å². The number of aryl methyl sites for hydroxylation is 1. The van der Waals surface area contributed by atoms with Gasteiger partial charge < -0.3 is 10.6 Å². The second-order valence-corrected chi connectivity index (χ2v) is 6.58. The van der Waals surface area contributed by atoms with Gasteiger partial charge in [0.05, 0.1) is 0 Å². The minimum atomic E-state index is 0.341. The van der Waals surface area contributed by atoms with Crippen LogP contribution in [0.1, 0.15) is 58.6 Å². The molecule has 1 saturated carbocycles. The van der Waals surface area contributed by atoms with E-state index in [-0.39, 0.29) is 0 Å². The molecule has 1 aliphatic carbocycles. The van der Waals surface area contributed by atoms with Gasteiger partial charge in [0.25, 0.3) is 0 Å². The highest BCUT2D eigenvalue weighted by atomic mass is 15.1. The number of hydrogen-bond acceptors (Lipinski definition) is 4. The smallest absolute Gasteiger partial charge is 0.224 e. The summed E-state index contributed by atoms with van der Waals surface area (Å²) < 4.78 is 0. The van der Waals surface area contributed by atoms with Crippen LogP contribution < -0.4 is 10.6 Å². The topological polar surface area (TPSA) is 49.8 Å². The number of anilines is 2. The van der Waals surface area contributed by atoms with E-state index in [0.717, 1.165) is 30.4 Å². The van der Waals surface area contributed by atoms with Gasteiger partial charge in [0, 0.05) is 24.3 Å². The van der Waals surface area contributed by atoms with Crippen molar-refractivity contribution in [2.45, 2.75) is 65.8 Å². The van der Waals surface area contributed by atoms with E-state index in [0.29, 0.717) is 11.5 Å². The van der Waals surface area contributed by atoms with Crippen LogP contribution in [0.25, 0.3) is 0 Å².